The van der Waals surface area contributed by atoms with Gasteiger partial charge in [0.1, 0.15) is 0 Å². The second-order valence-corrected chi connectivity index (χ2v) is 27.0. The molecule has 0 bridgehead atoms. The fourth-order valence-electron chi connectivity index (χ4n) is 10.1. The van der Waals surface area contributed by atoms with Gasteiger partial charge in [0.25, 0.3) is 0 Å². The van der Waals surface area contributed by atoms with Crippen LogP contribution in [0.4, 0.5) is 23.5 Å². The molecule has 545 valence electrons. The molecule has 105 heavy (non-hydrogen) atoms. The van der Waals surface area contributed by atoms with Crippen molar-refractivity contribution in [3.05, 3.63) is 326 Å². The summed E-state index contributed by atoms with van der Waals surface area (Å²) >= 11 is 25.3. The van der Waals surface area contributed by atoms with E-state index in [1.807, 2.05) is 121 Å². The van der Waals surface area contributed by atoms with Crippen LogP contribution in [-0.4, -0.2) is 0 Å². The van der Waals surface area contributed by atoms with Crippen molar-refractivity contribution in [1.29, 1.82) is 0 Å². The highest BCUT2D eigenvalue weighted by Crippen LogP contribution is 2.17. The van der Waals surface area contributed by atoms with E-state index in [1.54, 1.807) is 0 Å². The lowest BCUT2D eigenvalue weighted by Crippen LogP contribution is -1.85. The SMILES string of the molecule is CCCCCc1ccc(C#Cc2ccc([S])cc2)cc1.CCCCCc1ccc(C#Cc2ccc([S])cc2)cc1.CCCCCc1ccc(C#Cc2ccc([S])cc2)cc1.CCCCCc1ccc(C#Cc2ccc([S])cc2)cc1.CCCCCc1ccc(C#Cc2ccc([S])cc2)cc1.F.F.F.F.F. The molecule has 10 aromatic carbocycles. The molecular weight excluding hydrogens is 1400 g/mol. The van der Waals surface area contributed by atoms with E-state index in [0.717, 1.165) is 80.1 Å². The topological polar surface area (TPSA) is 0 Å². The number of halogens is 5. The van der Waals surface area contributed by atoms with Crippen LogP contribution in [0.5, 0.6) is 0 Å². The van der Waals surface area contributed by atoms with Crippen molar-refractivity contribution in [2.45, 2.75) is 188 Å². The molecule has 0 N–H and O–H groups in total. The van der Waals surface area contributed by atoms with Gasteiger partial charge in [-0.15, -0.1) is 0 Å². The van der Waals surface area contributed by atoms with Crippen molar-refractivity contribution in [2.24, 2.45) is 0 Å². The molecule has 0 aliphatic rings. The molecule has 0 atom stereocenters. The number of hydrogen-bond acceptors (Lipinski definition) is 0. The average Bonchev–Trinajstić information content (AvgIpc) is 0.996. The molecule has 0 nitrogen and oxygen atoms in total. The molecule has 0 heterocycles. The van der Waals surface area contributed by atoms with Crippen LogP contribution in [0.2, 0.25) is 0 Å². The van der Waals surface area contributed by atoms with Crippen molar-refractivity contribution >= 4 is 63.1 Å². The van der Waals surface area contributed by atoms with Crippen LogP contribution in [0.15, 0.2) is 267 Å². The molecule has 0 aliphatic carbocycles. The van der Waals surface area contributed by atoms with Crippen molar-refractivity contribution in [1.82, 2.24) is 0 Å². The van der Waals surface area contributed by atoms with Gasteiger partial charge in [-0.1, -0.05) is 282 Å². The number of benzene rings is 10. The van der Waals surface area contributed by atoms with Gasteiger partial charge in [-0.2, -0.15) is 0 Å². The van der Waals surface area contributed by atoms with E-state index in [0.29, 0.717) is 0 Å². The summed E-state index contributed by atoms with van der Waals surface area (Å²) in [7, 11) is 0. The Kier molecular flexibility index (Phi) is 51.0. The Labute approximate surface area is 654 Å². The summed E-state index contributed by atoms with van der Waals surface area (Å²) in [6.07, 6.45) is 25.1. The molecule has 10 heteroatoms. The molecule has 5 radical (unpaired) electrons. The highest BCUT2D eigenvalue weighted by Gasteiger charge is 2.00. The van der Waals surface area contributed by atoms with Gasteiger partial charge in [-0.05, 0) is 274 Å². The minimum absolute atomic E-state index is 0. The van der Waals surface area contributed by atoms with E-state index in [1.165, 1.54) is 156 Å². The third-order valence-electron chi connectivity index (χ3n) is 16.1. The minimum atomic E-state index is 0. The molecule has 0 spiro atoms. The van der Waals surface area contributed by atoms with Crippen molar-refractivity contribution < 1.29 is 23.5 Å². The third-order valence-corrected chi connectivity index (χ3v) is 17.5. The van der Waals surface area contributed by atoms with Crippen molar-refractivity contribution in [3.63, 3.8) is 0 Å². The zero-order valence-corrected chi connectivity index (χ0v) is 65.4. The van der Waals surface area contributed by atoms with Gasteiger partial charge in [-0.3, -0.25) is 23.5 Å². The Morgan fingerprint density at radius 2 is 0.267 bits per heavy atom. The highest BCUT2D eigenvalue weighted by atomic mass is 32.1. The summed E-state index contributed by atoms with van der Waals surface area (Å²) in [4.78, 5) is 4.27. The average molecular weight is 1500 g/mol. The van der Waals surface area contributed by atoms with E-state index < -0.39 is 0 Å². The maximum absolute atomic E-state index is 5.06. The molecule has 0 unspecified atom stereocenters. The number of hydrogen-bond donors (Lipinski definition) is 0. The highest BCUT2D eigenvalue weighted by molar-refractivity contribution is 7.81. The lowest BCUT2D eigenvalue weighted by molar-refractivity contribution is 0.717. The van der Waals surface area contributed by atoms with Crippen LogP contribution in [0.25, 0.3) is 0 Å². The van der Waals surface area contributed by atoms with Gasteiger partial charge in [0.2, 0.25) is 0 Å². The smallest absolute Gasteiger partial charge is 0.0377 e. The molecule has 10 rings (SSSR count). The van der Waals surface area contributed by atoms with Gasteiger partial charge in [0.15, 0.2) is 0 Å². The molecule has 0 amide bonds. The predicted molar refractivity (Wildman–Crippen MR) is 452 cm³/mol. The Morgan fingerprint density at radius 3 is 0.371 bits per heavy atom. The molecule has 0 fully saturated rings. The number of unbranched alkanes of at least 4 members (excludes halogenated alkanes) is 10. The number of rotatable bonds is 20. The molecule has 0 saturated carbocycles. The van der Waals surface area contributed by atoms with Crippen molar-refractivity contribution in [3.8, 4) is 59.2 Å². The zero-order chi connectivity index (χ0) is 71.0. The maximum atomic E-state index is 5.06. The second kappa shape index (κ2) is 57.1. The van der Waals surface area contributed by atoms with E-state index in [4.69, 9.17) is 63.1 Å². The molecule has 0 aromatic heterocycles. The summed E-state index contributed by atoms with van der Waals surface area (Å²) in [5.41, 5.74) is 17.3. The van der Waals surface area contributed by atoms with Crippen LogP contribution in [0.3, 0.4) is 0 Å². The van der Waals surface area contributed by atoms with Crippen molar-refractivity contribution in [2.75, 3.05) is 0 Å². The minimum Gasteiger partial charge on any atom is -0.269 e. The van der Waals surface area contributed by atoms with E-state index in [9.17, 15) is 0 Å². The van der Waals surface area contributed by atoms with Gasteiger partial charge in [0.05, 0.1) is 0 Å². The van der Waals surface area contributed by atoms with E-state index in [2.05, 4.69) is 215 Å². The maximum Gasteiger partial charge on any atom is 0.0377 e. The number of aryl methyl sites for hydroxylation is 5. The van der Waals surface area contributed by atoms with Gasteiger partial charge in [-0.25, -0.2) is 0 Å². The quantitative estimate of drug-likeness (QED) is 0.0405. The van der Waals surface area contributed by atoms with Gasteiger partial charge >= 0.3 is 0 Å². The summed E-state index contributed by atoms with van der Waals surface area (Å²) in [5.74, 6) is 31.8. The monoisotopic (exact) mass is 1500 g/mol. The van der Waals surface area contributed by atoms with Crippen LogP contribution >= 0.6 is 63.1 Å². The summed E-state index contributed by atoms with van der Waals surface area (Å²) in [6.45, 7) is 11.2. The fraction of sp³-hybridized carbons (Fsp3) is 0.263. The van der Waals surface area contributed by atoms with E-state index in [-0.39, 0.29) is 23.5 Å². The molecular formula is C95H100F5S5. The fourth-order valence-corrected chi connectivity index (χ4v) is 10.8. The standard InChI is InChI=1S/5C19H19S.5FH/c5*1-2-3-4-5-16-6-8-17(9-7-16)10-11-18-12-14-19(20)15-13-18;;;;;/h5*6-9,12-15H,2-5H2,1H3;5*1H. The lowest BCUT2D eigenvalue weighted by Gasteiger charge is -2.00. The molecule has 0 saturated heterocycles. The van der Waals surface area contributed by atoms with Gasteiger partial charge < -0.3 is 0 Å². The Balaban J connectivity index is 0.000000649. The van der Waals surface area contributed by atoms with Gasteiger partial charge in [0, 0.05) is 80.1 Å². The summed E-state index contributed by atoms with van der Waals surface area (Å²) < 4.78 is 0. The molecule has 0 aliphatic heterocycles. The van der Waals surface area contributed by atoms with Crippen LogP contribution in [-0.2, 0) is 32.1 Å². The Hall–Kier alpha value is -9.25. The van der Waals surface area contributed by atoms with E-state index >= 15 is 0 Å². The zero-order valence-electron chi connectivity index (χ0n) is 61.3. The van der Waals surface area contributed by atoms with Crippen LogP contribution in [0, 0.1) is 59.2 Å². The van der Waals surface area contributed by atoms with Crippen LogP contribution < -0.4 is 0 Å². The molecule has 10 aromatic rings. The second-order valence-electron chi connectivity index (χ2n) is 24.6. The Bertz CT molecular complexity index is 3600. The first kappa shape index (κ1) is 93.8. The third kappa shape index (κ3) is 41.1. The Morgan fingerprint density at radius 1 is 0.162 bits per heavy atom. The van der Waals surface area contributed by atoms with Crippen LogP contribution in [0.1, 0.15) is 214 Å². The normalized spacial score (nSPS) is 9.38. The lowest BCUT2D eigenvalue weighted by atomic mass is 10.1. The first-order valence-corrected chi connectivity index (χ1v) is 37.8. The predicted octanol–water partition coefficient (Wildman–Crippen LogP) is 27.6. The summed E-state index contributed by atoms with van der Waals surface area (Å²) in [6, 6.07) is 81.7. The largest absolute Gasteiger partial charge is 0.269 e. The first-order chi connectivity index (χ1) is 48.9. The first-order valence-electron chi connectivity index (χ1n) is 35.8. The summed E-state index contributed by atoms with van der Waals surface area (Å²) in [5, 5.41) is 0.